The molecule has 3 heterocycles. The zero-order chi connectivity index (χ0) is 23.5. The van der Waals surface area contributed by atoms with Crippen LogP contribution in [0.25, 0.3) is 0 Å². The van der Waals surface area contributed by atoms with Crippen molar-refractivity contribution in [3.63, 3.8) is 0 Å². The minimum Gasteiger partial charge on any atom is -0.339 e. The maximum atomic E-state index is 12.9. The van der Waals surface area contributed by atoms with Crippen LogP contribution in [-0.2, 0) is 16.0 Å². The highest BCUT2D eigenvalue weighted by Crippen LogP contribution is 2.33. The Labute approximate surface area is 194 Å². The van der Waals surface area contributed by atoms with Crippen molar-refractivity contribution >= 4 is 29.2 Å². The van der Waals surface area contributed by atoms with Crippen LogP contribution in [0, 0.1) is 6.92 Å². The Hall–Kier alpha value is -3.29. The van der Waals surface area contributed by atoms with Gasteiger partial charge in [-0.1, -0.05) is 6.92 Å². The second-order valence-electron chi connectivity index (χ2n) is 8.84. The second kappa shape index (κ2) is 9.68. The van der Waals surface area contributed by atoms with Gasteiger partial charge in [0.05, 0.1) is 0 Å². The molecule has 33 heavy (non-hydrogen) atoms. The molecular formula is C25H31N5O3. The Morgan fingerprint density at radius 2 is 1.79 bits per heavy atom. The summed E-state index contributed by atoms with van der Waals surface area (Å²) < 4.78 is 0. The number of piperidine rings is 1. The summed E-state index contributed by atoms with van der Waals surface area (Å²) in [5, 5.41) is 2.71. The van der Waals surface area contributed by atoms with E-state index < -0.39 is 0 Å². The molecule has 4 rings (SSSR count). The number of aryl methyl sites for hydroxylation is 1. The maximum absolute atomic E-state index is 12.9. The van der Waals surface area contributed by atoms with Crippen LogP contribution in [0.2, 0.25) is 0 Å². The maximum Gasteiger partial charge on any atom is 0.253 e. The Balaban J connectivity index is 1.45. The Morgan fingerprint density at radius 1 is 1.09 bits per heavy atom. The van der Waals surface area contributed by atoms with Crippen LogP contribution in [0.4, 0.5) is 11.5 Å². The van der Waals surface area contributed by atoms with Gasteiger partial charge >= 0.3 is 0 Å². The van der Waals surface area contributed by atoms with E-state index >= 15 is 0 Å². The molecule has 0 bridgehead atoms. The molecule has 2 aliphatic heterocycles. The molecule has 3 amide bonds. The summed E-state index contributed by atoms with van der Waals surface area (Å²) >= 11 is 0. The molecule has 1 aromatic heterocycles. The van der Waals surface area contributed by atoms with Crippen molar-refractivity contribution in [1.29, 1.82) is 0 Å². The molecule has 174 valence electrons. The number of nitrogens with zero attached hydrogens (tertiary/aromatic N) is 4. The van der Waals surface area contributed by atoms with Crippen LogP contribution in [0.3, 0.4) is 0 Å². The number of nitrogens with one attached hydrogen (secondary N) is 1. The number of fused-ring (bicyclic) bond motifs is 1. The quantitative estimate of drug-likeness (QED) is 0.754. The van der Waals surface area contributed by atoms with E-state index in [-0.39, 0.29) is 23.6 Å². The molecule has 0 saturated carbocycles. The molecule has 1 fully saturated rings. The molecule has 0 unspecified atom stereocenters. The monoisotopic (exact) mass is 449 g/mol. The SMILES string of the molecule is CCCN1C(=O)CCc2c(C)nc(C3CCN(C(=O)c4ccc(NC(C)=O)cc4)CC3)nc21. The predicted molar refractivity (Wildman–Crippen MR) is 126 cm³/mol. The summed E-state index contributed by atoms with van der Waals surface area (Å²) in [5.74, 6) is 1.73. The molecule has 2 aliphatic rings. The fraction of sp³-hybridized carbons (Fsp3) is 0.480. The number of carbonyl (C=O) groups is 3. The first-order valence-corrected chi connectivity index (χ1v) is 11.7. The van der Waals surface area contributed by atoms with Crippen molar-refractivity contribution in [3.8, 4) is 0 Å². The van der Waals surface area contributed by atoms with E-state index in [0.717, 1.165) is 42.2 Å². The van der Waals surface area contributed by atoms with E-state index in [1.165, 1.54) is 6.92 Å². The van der Waals surface area contributed by atoms with Crippen LogP contribution in [0.15, 0.2) is 24.3 Å². The van der Waals surface area contributed by atoms with E-state index in [9.17, 15) is 14.4 Å². The largest absolute Gasteiger partial charge is 0.339 e. The van der Waals surface area contributed by atoms with Gasteiger partial charge in [0.25, 0.3) is 5.91 Å². The first-order chi connectivity index (χ1) is 15.9. The van der Waals surface area contributed by atoms with Crippen molar-refractivity contribution in [2.75, 3.05) is 29.9 Å². The lowest BCUT2D eigenvalue weighted by atomic mass is 9.94. The number of anilines is 2. The first-order valence-electron chi connectivity index (χ1n) is 11.7. The molecule has 1 N–H and O–H groups in total. The van der Waals surface area contributed by atoms with Crippen molar-refractivity contribution in [1.82, 2.24) is 14.9 Å². The smallest absolute Gasteiger partial charge is 0.253 e. The fourth-order valence-electron chi connectivity index (χ4n) is 4.66. The van der Waals surface area contributed by atoms with Crippen LogP contribution < -0.4 is 10.2 Å². The summed E-state index contributed by atoms with van der Waals surface area (Å²) in [6.45, 7) is 7.47. The molecule has 2 aromatic rings. The number of carbonyl (C=O) groups excluding carboxylic acids is 3. The lowest BCUT2D eigenvalue weighted by Crippen LogP contribution is -2.39. The third kappa shape index (κ3) is 4.89. The van der Waals surface area contributed by atoms with E-state index in [2.05, 4.69) is 12.2 Å². The number of benzene rings is 1. The highest BCUT2D eigenvalue weighted by atomic mass is 16.2. The Bertz CT molecular complexity index is 1060. The number of hydrogen-bond donors (Lipinski definition) is 1. The number of aromatic nitrogens is 2. The minimum absolute atomic E-state index is 0.00918. The van der Waals surface area contributed by atoms with Gasteiger partial charge in [0.15, 0.2) is 0 Å². The zero-order valence-corrected chi connectivity index (χ0v) is 19.6. The normalized spacial score (nSPS) is 16.5. The molecule has 1 aromatic carbocycles. The Morgan fingerprint density at radius 3 is 2.42 bits per heavy atom. The van der Waals surface area contributed by atoms with Gasteiger partial charge in [-0.2, -0.15) is 0 Å². The zero-order valence-electron chi connectivity index (χ0n) is 19.6. The topological polar surface area (TPSA) is 95.5 Å². The van der Waals surface area contributed by atoms with Crippen LogP contribution >= 0.6 is 0 Å². The van der Waals surface area contributed by atoms with Crippen molar-refractivity contribution < 1.29 is 14.4 Å². The lowest BCUT2D eigenvalue weighted by molar-refractivity contribution is -0.119. The average Bonchev–Trinajstić information content (AvgIpc) is 2.80. The summed E-state index contributed by atoms with van der Waals surface area (Å²) in [4.78, 5) is 49.9. The molecule has 0 aliphatic carbocycles. The molecule has 0 atom stereocenters. The highest BCUT2D eigenvalue weighted by Gasteiger charge is 2.31. The molecule has 1 saturated heterocycles. The molecule has 0 spiro atoms. The lowest BCUT2D eigenvalue weighted by Gasteiger charge is -2.33. The molecule has 0 radical (unpaired) electrons. The second-order valence-corrected chi connectivity index (χ2v) is 8.84. The van der Waals surface area contributed by atoms with Crippen molar-refractivity contribution in [2.24, 2.45) is 0 Å². The summed E-state index contributed by atoms with van der Waals surface area (Å²) in [6, 6.07) is 6.98. The summed E-state index contributed by atoms with van der Waals surface area (Å²) in [7, 11) is 0. The van der Waals surface area contributed by atoms with E-state index in [1.54, 1.807) is 24.3 Å². The third-order valence-electron chi connectivity index (χ3n) is 6.40. The number of likely N-dealkylation sites (tertiary alicyclic amines) is 1. The van der Waals surface area contributed by atoms with Crippen LogP contribution in [-0.4, -0.2) is 52.2 Å². The van der Waals surface area contributed by atoms with Gasteiger partial charge in [0.2, 0.25) is 11.8 Å². The first kappa shape index (κ1) is 22.9. The summed E-state index contributed by atoms with van der Waals surface area (Å²) in [6.07, 6.45) is 3.68. The van der Waals surface area contributed by atoms with Crippen LogP contribution in [0.5, 0.6) is 0 Å². The molecular weight excluding hydrogens is 418 g/mol. The van der Waals surface area contributed by atoms with E-state index in [4.69, 9.17) is 9.97 Å². The van der Waals surface area contributed by atoms with Gasteiger partial charge in [-0.15, -0.1) is 0 Å². The standard InChI is InChI=1S/C25H31N5O3/c1-4-13-30-22(32)10-9-21-16(2)26-23(28-24(21)30)18-11-14-29(15-12-18)25(33)19-5-7-20(8-6-19)27-17(3)31/h5-8,18H,4,9-15H2,1-3H3,(H,27,31). The van der Waals surface area contributed by atoms with Gasteiger partial charge in [-0.25, -0.2) is 9.97 Å². The van der Waals surface area contributed by atoms with E-state index in [0.29, 0.717) is 43.7 Å². The predicted octanol–water partition coefficient (Wildman–Crippen LogP) is 3.45. The third-order valence-corrected chi connectivity index (χ3v) is 6.40. The van der Waals surface area contributed by atoms with Crippen LogP contribution in [0.1, 0.15) is 72.9 Å². The molecule has 8 nitrogen and oxygen atoms in total. The number of hydrogen-bond acceptors (Lipinski definition) is 5. The van der Waals surface area contributed by atoms with Gasteiger partial charge in [0, 0.05) is 61.4 Å². The highest BCUT2D eigenvalue weighted by molar-refractivity contribution is 5.96. The van der Waals surface area contributed by atoms with Crippen molar-refractivity contribution in [2.45, 2.75) is 58.8 Å². The minimum atomic E-state index is -0.141. The van der Waals surface area contributed by atoms with Gasteiger partial charge < -0.3 is 10.2 Å². The van der Waals surface area contributed by atoms with Gasteiger partial charge in [-0.3, -0.25) is 19.3 Å². The van der Waals surface area contributed by atoms with Gasteiger partial charge in [-0.05, 0) is 56.9 Å². The van der Waals surface area contributed by atoms with Crippen molar-refractivity contribution in [3.05, 3.63) is 46.9 Å². The van der Waals surface area contributed by atoms with Gasteiger partial charge in [0.1, 0.15) is 11.6 Å². The van der Waals surface area contributed by atoms with E-state index in [1.807, 2.05) is 16.7 Å². The Kier molecular flexibility index (Phi) is 6.72. The molecule has 8 heteroatoms. The number of amides is 3. The fourth-order valence-corrected chi connectivity index (χ4v) is 4.66. The number of rotatable bonds is 5. The average molecular weight is 450 g/mol. The summed E-state index contributed by atoms with van der Waals surface area (Å²) in [5.41, 5.74) is 3.33.